The number of methoxy groups -OCH3 is 1. The molecule has 10 heteroatoms. The zero-order valence-electron chi connectivity index (χ0n) is 19.3. The molecule has 8 nitrogen and oxygen atoms in total. The lowest BCUT2D eigenvalue weighted by molar-refractivity contribution is -0.0440. The number of nitrogens with zero attached hydrogens (tertiary/aromatic N) is 3. The van der Waals surface area contributed by atoms with Crippen LogP contribution in [0.1, 0.15) is 24.2 Å². The second-order valence-corrected chi connectivity index (χ2v) is 11.1. The Morgan fingerprint density at radius 1 is 1.21 bits per heavy atom. The van der Waals surface area contributed by atoms with Crippen molar-refractivity contribution in [2.75, 3.05) is 20.2 Å². The quantitative estimate of drug-likeness (QED) is 0.483. The Hall–Kier alpha value is -2.79. The van der Waals surface area contributed by atoms with Crippen LogP contribution in [0, 0.1) is 0 Å². The fourth-order valence-corrected chi connectivity index (χ4v) is 6.69. The maximum atomic E-state index is 13.1. The van der Waals surface area contributed by atoms with E-state index in [0.29, 0.717) is 35.7 Å². The molecule has 4 rings (SSSR count). The summed E-state index contributed by atoms with van der Waals surface area (Å²) in [5.74, 6) is 0.228. The summed E-state index contributed by atoms with van der Waals surface area (Å²) in [6.07, 6.45) is 1.37. The number of hydrogen-bond acceptors (Lipinski definition) is 6. The number of carbonyl (C=O) groups excluding carboxylic acids is 1. The molecule has 3 aromatic rings. The maximum Gasteiger partial charge on any atom is 0.279 e. The van der Waals surface area contributed by atoms with Crippen molar-refractivity contribution in [1.82, 2.24) is 8.87 Å². The summed E-state index contributed by atoms with van der Waals surface area (Å²) in [6, 6.07) is 11.6. The van der Waals surface area contributed by atoms with Crippen LogP contribution in [-0.2, 0) is 21.3 Å². The van der Waals surface area contributed by atoms with Crippen molar-refractivity contribution in [3.05, 3.63) is 65.5 Å². The van der Waals surface area contributed by atoms with E-state index in [-0.39, 0.29) is 17.1 Å². The minimum Gasteiger partial charge on any atom is -0.495 e. The van der Waals surface area contributed by atoms with Crippen LogP contribution >= 0.6 is 11.3 Å². The number of allylic oxidation sites excluding steroid dienone is 1. The number of hydrogen-bond donors (Lipinski definition) is 0. The average molecular weight is 502 g/mol. The zero-order valence-corrected chi connectivity index (χ0v) is 20.9. The molecule has 1 aliphatic heterocycles. The number of thiazole rings is 1. The van der Waals surface area contributed by atoms with Gasteiger partial charge in [-0.3, -0.25) is 4.79 Å². The lowest BCUT2D eigenvalue weighted by atomic mass is 10.2. The predicted octanol–water partition coefficient (Wildman–Crippen LogP) is 3.44. The number of rotatable bonds is 6. The van der Waals surface area contributed by atoms with Crippen molar-refractivity contribution in [3.63, 3.8) is 0 Å². The smallest absolute Gasteiger partial charge is 0.279 e. The summed E-state index contributed by atoms with van der Waals surface area (Å²) in [6.45, 7) is 8.55. The van der Waals surface area contributed by atoms with E-state index in [1.165, 1.54) is 39.9 Å². The molecular formula is C24H27N3O5S2. The Balaban J connectivity index is 1.66. The minimum absolute atomic E-state index is 0.138. The van der Waals surface area contributed by atoms with Crippen molar-refractivity contribution < 1.29 is 22.7 Å². The molecule has 1 amide bonds. The number of amides is 1. The maximum absolute atomic E-state index is 13.1. The molecule has 2 heterocycles. The van der Waals surface area contributed by atoms with Crippen molar-refractivity contribution in [1.29, 1.82) is 0 Å². The van der Waals surface area contributed by atoms with E-state index in [4.69, 9.17) is 9.47 Å². The molecular weight excluding hydrogens is 474 g/mol. The SMILES string of the molecule is C=CCn1c(=NC(=O)c2ccc(S(=O)(=O)N3C[C@H](C)O[C@@H](C)C3)cc2)sc2cccc(OC)c21. The number of fused-ring (bicyclic) bond motifs is 1. The fraction of sp³-hybridized carbons (Fsp3) is 0.333. The Kier molecular flexibility index (Phi) is 7.04. The molecule has 0 N–H and O–H groups in total. The number of para-hydroxylation sites is 1. The van der Waals surface area contributed by atoms with Gasteiger partial charge in [-0.15, -0.1) is 6.58 Å². The van der Waals surface area contributed by atoms with Gasteiger partial charge in [-0.1, -0.05) is 23.5 Å². The van der Waals surface area contributed by atoms with Gasteiger partial charge >= 0.3 is 0 Å². The van der Waals surface area contributed by atoms with Crippen LogP contribution in [0.5, 0.6) is 5.75 Å². The summed E-state index contributed by atoms with van der Waals surface area (Å²) < 4.78 is 41.5. The second-order valence-electron chi connectivity index (χ2n) is 8.11. The lowest BCUT2D eigenvalue weighted by Crippen LogP contribution is -2.48. The third-order valence-corrected chi connectivity index (χ3v) is 8.41. The number of aromatic nitrogens is 1. The van der Waals surface area contributed by atoms with Crippen LogP contribution in [0.15, 0.2) is 65.0 Å². The van der Waals surface area contributed by atoms with Crippen LogP contribution < -0.4 is 9.54 Å². The third kappa shape index (κ3) is 4.72. The molecule has 0 spiro atoms. The monoisotopic (exact) mass is 501 g/mol. The zero-order chi connectivity index (χ0) is 24.5. The molecule has 2 atom stereocenters. The summed E-state index contributed by atoms with van der Waals surface area (Å²) >= 11 is 1.38. The first-order valence-electron chi connectivity index (χ1n) is 10.9. The van der Waals surface area contributed by atoms with Crippen LogP contribution in [0.2, 0.25) is 0 Å². The van der Waals surface area contributed by atoms with Gasteiger partial charge in [0, 0.05) is 25.2 Å². The first-order valence-corrected chi connectivity index (χ1v) is 13.1. The molecule has 0 bridgehead atoms. The van der Waals surface area contributed by atoms with Crippen molar-refractivity contribution in [3.8, 4) is 5.75 Å². The molecule has 0 aliphatic carbocycles. The second kappa shape index (κ2) is 9.83. The number of morpholine rings is 1. The highest BCUT2D eigenvalue weighted by molar-refractivity contribution is 7.89. The largest absolute Gasteiger partial charge is 0.495 e. The minimum atomic E-state index is -3.68. The first-order chi connectivity index (χ1) is 16.2. The van der Waals surface area contributed by atoms with Gasteiger partial charge in [-0.05, 0) is 50.2 Å². The molecule has 2 aromatic carbocycles. The Morgan fingerprint density at radius 3 is 2.50 bits per heavy atom. The summed E-state index contributed by atoms with van der Waals surface area (Å²) in [4.78, 5) is 17.9. The number of sulfonamides is 1. The van der Waals surface area contributed by atoms with Gasteiger partial charge in [0.1, 0.15) is 11.3 Å². The van der Waals surface area contributed by atoms with E-state index in [1.54, 1.807) is 13.2 Å². The molecule has 1 saturated heterocycles. The summed E-state index contributed by atoms with van der Waals surface area (Å²) in [5.41, 5.74) is 1.15. The van der Waals surface area contributed by atoms with Gasteiger partial charge in [0.15, 0.2) is 4.80 Å². The van der Waals surface area contributed by atoms with E-state index in [0.717, 1.165) is 10.2 Å². The van der Waals surface area contributed by atoms with Crippen molar-refractivity contribution in [2.24, 2.45) is 4.99 Å². The van der Waals surface area contributed by atoms with Gasteiger partial charge in [0.2, 0.25) is 10.0 Å². The lowest BCUT2D eigenvalue weighted by Gasteiger charge is -2.34. The number of ether oxygens (including phenoxy) is 2. The van der Waals surface area contributed by atoms with E-state index in [9.17, 15) is 13.2 Å². The molecule has 1 aromatic heterocycles. The van der Waals surface area contributed by atoms with E-state index in [2.05, 4.69) is 11.6 Å². The molecule has 34 heavy (non-hydrogen) atoms. The molecule has 0 unspecified atom stereocenters. The van der Waals surface area contributed by atoms with Gasteiger partial charge < -0.3 is 14.0 Å². The standard InChI is InChI=1S/C24H27N3O5S2/c1-5-13-27-22-20(31-4)7-6-8-21(22)33-24(27)25-23(28)18-9-11-19(12-10-18)34(29,30)26-14-16(2)32-17(3)15-26/h5-12,16-17H,1,13-15H2,2-4H3/t16-,17-/m0/s1. The fourth-order valence-electron chi connectivity index (χ4n) is 4.04. The topological polar surface area (TPSA) is 90.2 Å². The van der Waals surface area contributed by atoms with E-state index in [1.807, 2.05) is 36.6 Å². The van der Waals surface area contributed by atoms with Crippen LogP contribution in [0.3, 0.4) is 0 Å². The van der Waals surface area contributed by atoms with Gasteiger partial charge in [0.05, 0.1) is 28.9 Å². The molecule has 0 saturated carbocycles. The van der Waals surface area contributed by atoms with Gasteiger partial charge in [-0.2, -0.15) is 9.30 Å². The highest BCUT2D eigenvalue weighted by Crippen LogP contribution is 2.27. The third-order valence-electron chi connectivity index (χ3n) is 5.52. The first kappa shape index (κ1) is 24.3. The van der Waals surface area contributed by atoms with E-state index >= 15 is 0 Å². The van der Waals surface area contributed by atoms with Crippen LogP contribution in [0.4, 0.5) is 0 Å². The summed E-state index contributed by atoms with van der Waals surface area (Å²) in [7, 11) is -2.09. The van der Waals surface area contributed by atoms with Crippen LogP contribution in [-0.4, -0.2) is 55.6 Å². The normalized spacial score (nSPS) is 19.9. The predicted molar refractivity (Wildman–Crippen MR) is 132 cm³/mol. The highest BCUT2D eigenvalue weighted by atomic mass is 32.2. The number of carbonyl (C=O) groups is 1. The highest BCUT2D eigenvalue weighted by Gasteiger charge is 2.32. The molecule has 1 fully saturated rings. The van der Waals surface area contributed by atoms with Gasteiger partial charge in [0.25, 0.3) is 5.91 Å². The van der Waals surface area contributed by atoms with Crippen molar-refractivity contribution >= 4 is 37.5 Å². The van der Waals surface area contributed by atoms with Crippen LogP contribution in [0.25, 0.3) is 10.2 Å². The van der Waals surface area contributed by atoms with Crippen molar-refractivity contribution in [2.45, 2.75) is 37.5 Å². The number of benzene rings is 2. The van der Waals surface area contributed by atoms with E-state index < -0.39 is 15.9 Å². The Morgan fingerprint density at radius 2 is 1.88 bits per heavy atom. The summed E-state index contributed by atoms with van der Waals surface area (Å²) in [5, 5.41) is 0. The molecule has 180 valence electrons. The molecule has 0 radical (unpaired) electrons. The average Bonchev–Trinajstić information content (AvgIpc) is 3.15. The van der Waals surface area contributed by atoms with Gasteiger partial charge in [-0.25, -0.2) is 8.42 Å². The Labute approximate surface area is 202 Å². The Bertz CT molecular complexity index is 1380. The molecule has 1 aliphatic rings.